The van der Waals surface area contributed by atoms with E-state index in [-0.39, 0.29) is 57.0 Å². The van der Waals surface area contributed by atoms with E-state index in [4.69, 9.17) is 0 Å². The minimum absolute atomic E-state index is 0.0364. The van der Waals surface area contributed by atoms with Crippen LogP contribution in [0.2, 0.25) is 0 Å². The van der Waals surface area contributed by atoms with Crippen LogP contribution in [0, 0.1) is 74.9 Å². The average molecular weight is 813 g/mol. The van der Waals surface area contributed by atoms with E-state index in [0.717, 1.165) is 62.9 Å². The topological polar surface area (TPSA) is 104 Å². The Bertz CT molecular complexity index is 1810. The number of carboxylic acids is 1. The Morgan fingerprint density at radius 2 is 1.57 bits per heavy atom. The van der Waals surface area contributed by atoms with Gasteiger partial charge in [0.15, 0.2) is 5.78 Å². The molecule has 11 atom stereocenters. The summed E-state index contributed by atoms with van der Waals surface area (Å²) in [6, 6.07) is 8.74. The number of amides is 1. The van der Waals surface area contributed by atoms with E-state index in [2.05, 4.69) is 76.0 Å². The van der Waals surface area contributed by atoms with Crippen LogP contribution in [0.5, 0.6) is 0 Å². The monoisotopic (exact) mass is 813 g/mol. The molecular weight excluding hydrogens is 741 g/mol. The molecule has 1 amide bonds. The highest BCUT2D eigenvalue weighted by Crippen LogP contribution is 2.74. The number of benzene rings is 1. The normalized spacial score (nSPS) is 39.6. The number of thioether (sulfide) groups is 1. The van der Waals surface area contributed by atoms with Crippen LogP contribution in [-0.4, -0.2) is 58.0 Å². The van der Waals surface area contributed by atoms with Gasteiger partial charge in [0.1, 0.15) is 5.78 Å². The van der Waals surface area contributed by atoms with Crippen molar-refractivity contribution >= 4 is 35.2 Å². The molecule has 1 saturated heterocycles. The molecule has 0 aromatic heterocycles. The van der Waals surface area contributed by atoms with E-state index >= 15 is 0 Å². The number of carbonyl (C=O) groups excluding carboxylic acids is 3. The van der Waals surface area contributed by atoms with Gasteiger partial charge in [-0.1, -0.05) is 78.3 Å². The zero-order valence-electron chi connectivity index (χ0n) is 36.7. The van der Waals surface area contributed by atoms with E-state index in [1.54, 1.807) is 0 Å². The number of hydrogen-bond donors (Lipinski definition) is 2. The van der Waals surface area contributed by atoms with Crippen LogP contribution >= 0.6 is 11.8 Å². The molecule has 1 aromatic rings. The number of fused-ring (bicyclic) bond motifs is 7. The van der Waals surface area contributed by atoms with E-state index in [0.29, 0.717) is 67.6 Å². The minimum Gasteiger partial charge on any atom is -0.481 e. The summed E-state index contributed by atoms with van der Waals surface area (Å²) in [4.78, 5) is 55.8. The van der Waals surface area contributed by atoms with Gasteiger partial charge in [-0.3, -0.25) is 24.1 Å². The van der Waals surface area contributed by atoms with Crippen LogP contribution in [-0.2, 0) is 32.3 Å². The molecule has 7 aliphatic rings. The van der Waals surface area contributed by atoms with E-state index < -0.39 is 5.97 Å². The Kier molecular flexibility index (Phi) is 11.5. The summed E-state index contributed by atoms with van der Waals surface area (Å²) < 4.78 is 0. The molecule has 6 fully saturated rings. The third-order valence-corrected chi connectivity index (χ3v) is 19.4. The minimum atomic E-state index is -0.759. The Labute approximate surface area is 353 Å². The van der Waals surface area contributed by atoms with Crippen molar-refractivity contribution in [3.8, 4) is 0 Å². The highest BCUT2D eigenvalue weighted by molar-refractivity contribution is 7.99. The number of hydrogen-bond acceptors (Lipinski definition) is 6. The molecule has 7 nitrogen and oxygen atoms in total. The van der Waals surface area contributed by atoms with Crippen LogP contribution in [0.15, 0.2) is 35.4 Å². The molecule has 5 saturated carbocycles. The van der Waals surface area contributed by atoms with Gasteiger partial charge in [0.25, 0.3) is 0 Å². The highest BCUT2D eigenvalue weighted by Gasteiger charge is 2.66. The number of allylic oxidation sites excluding steroid dienone is 2. The van der Waals surface area contributed by atoms with Gasteiger partial charge in [-0.05, 0) is 132 Å². The smallest absolute Gasteiger partial charge is 0.306 e. The first-order valence-corrected chi connectivity index (χ1v) is 24.3. The molecule has 8 heteroatoms. The van der Waals surface area contributed by atoms with Crippen LogP contribution < -0.4 is 5.32 Å². The van der Waals surface area contributed by atoms with Gasteiger partial charge in [0.05, 0.1) is 5.92 Å². The van der Waals surface area contributed by atoms with Crippen molar-refractivity contribution in [2.24, 2.45) is 74.9 Å². The lowest BCUT2D eigenvalue weighted by Crippen LogP contribution is -2.62. The first-order valence-electron chi connectivity index (χ1n) is 23.2. The summed E-state index contributed by atoms with van der Waals surface area (Å²) in [5.74, 6) is 4.29. The van der Waals surface area contributed by atoms with Gasteiger partial charge >= 0.3 is 5.97 Å². The molecule has 11 unspecified atom stereocenters. The summed E-state index contributed by atoms with van der Waals surface area (Å²) in [5.41, 5.74) is 4.91. The standard InChI is InChI=1S/C50H72N2O5S/c1-30(2)44-40(54)26-50(27-43(55)51-28-32-8-10-33(11-9-32)29-52-20-22-58-23-21-52)19-15-38-35(45(44)50)12-13-42-48(38,6)18-16-41-47(4,5)34(14-17-49(41,42)7)24-39(53)36-25-37(31(36)3)46(56)57/h8-11,30-31,34-38,41-42H,12-29H2,1-7H3,(H,51,55)(H,56,57). The van der Waals surface area contributed by atoms with Gasteiger partial charge < -0.3 is 10.4 Å². The lowest BCUT2D eigenvalue weighted by Gasteiger charge is -2.69. The van der Waals surface area contributed by atoms with E-state index in [1.807, 2.05) is 18.7 Å². The summed E-state index contributed by atoms with van der Waals surface area (Å²) in [6.07, 6.45) is 10.8. The van der Waals surface area contributed by atoms with Crippen LogP contribution in [0.3, 0.4) is 0 Å². The first kappa shape index (κ1) is 42.2. The number of aliphatic carboxylic acids is 1. The number of rotatable bonds is 11. The number of Topliss-reactive ketones (excluding diaryl/α,β-unsaturated/α-hetero) is 2. The molecule has 0 bridgehead atoms. The maximum Gasteiger partial charge on any atom is 0.306 e. The van der Waals surface area contributed by atoms with Crippen molar-refractivity contribution < 1.29 is 24.3 Å². The predicted octanol–water partition coefficient (Wildman–Crippen LogP) is 9.76. The summed E-state index contributed by atoms with van der Waals surface area (Å²) in [5, 5.41) is 12.8. The van der Waals surface area contributed by atoms with Crippen molar-refractivity contribution in [1.82, 2.24) is 10.2 Å². The summed E-state index contributed by atoms with van der Waals surface area (Å²) in [7, 11) is 0. The number of ketones is 2. The Hall–Kier alpha value is -2.45. The second-order valence-corrected chi connectivity index (χ2v) is 23.1. The average Bonchev–Trinajstić information content (AvgIpc) is 3.47. The van der Waals surface area contributed by atoms with Crippen molar-refractivity contribution in [3.05, 3.63) is 46.5 Å². The number of nitrogens with zero attached hydrogens (tertiary/aromatic N) is 1. The predicted molar refractivity (Wildman–Crippen MR) is 232 cm³/mol. The van der Waals surface area contributed by atoms with E-state index in [1.165, 1.54) is 41.9 Å². The van der Waals surface area contributed by atoms with Gasteiger partial charge in [0.2, 0.25) is 5.91 Å². The molecule has 58 heavy (non-hydrogen) atoms. The molecule has 0 radical (unpaired) electrons. The molecule has 0 spiro atoms. The molecule has 1 aliphatic heterocycles. The molecule has 1 aromatic carbocycles. The van der Waals surface area contributed by atoms with Gasteiger partial charge in [-0.2, -0.15) is 11.8 Å². The van der Waals surface area contributed by atoms with Gasteiger partial charge in [-0.25, -0.2) is 0 Å². The zero-order valence-corrected chi connectivity index (χ0v) is 37.5. The first-order chi connectivity index (χ1) is 27.5. The zero-order chi connectivity index (χ0) is 41.4. The van der Waals surface area contributed by atoms with Crippen LogP contribution in [0.1, 0.15) is 137 Å². The Morgan fingerprint density at radius 1 is 0.879 bits per heavy atom. The van der Waals surface area contributed by atoms with Gasteiger partial charge in [-0.15, -0.1) is 0 Å². The number of carbonyl (C=O) groups is 4. The molecule has 6 aliphatic carbocycles. The fourth-order valence-electron chi connectivity index (χ4n) is 15.4. The van der Waals surface area contributed by atoms with Crippen molar-refractivity contribution in [3.63, 3.8) is 0 Å². The van der Waals surface area contributed by atoms with Crippen LogP contribution in [0.25, 0.3) is 0 Å². The summed E-state index contributed by atoms with van der Waals surface area (Å²) >= 11 is 2.04. The lowest BCUT2D eigenvalue weighted by atomic mass is 9.35. The van der Waals surface area contributed by atoms with Gasteiger partial charge in [0, 0.05) is 68.3 Å². The number of nitrogens with one attached hydrogen (secondary N) is 1. The largest absolute Gasteiger partial charge is 0.481 e. The molecule has 1 heterocycles. The maximum atomic E-state index is 14.1. The third kappa shape index (κ3) is 7.18. The van der Waals surface area contributed by atoms with E-state index in [9.17, 15) is 24.3 Å². The second kappa shape index (κ2) is 15.8. The summed E-state index contributed by atoms with van der Waals surface area (Å²) in [6.45, 7) is 20.2. The molecular formula is C50H72N2O5S. The molecule has 2 N–H and O–H groups in total. The fraction of sp³-hybridized carbons (Fsp3) is 0.760. The second-order valence-electron chi connectivity index (χ2n) is 21.9. The van der Waals surface area contributed by atoms with Crippen LogP contribution in [0.4, 0.5) is 0 Å². The van der Waals surface area contributed by atoms with Crippen molar-refractivity contribution in [1.29, 1.82) is 0 Å². The highest BCUT2D eigenvalue weighted by atomic mass is 32.2. The van der Waals surface area contributed by atoms with Crippen molar-refractivity contribution in [2.45, 2.75) is 139 Å². The Balaban J connectivity index is 0.954. The quantitative estimate of drug-likeness (QED) is 0.229. The van der Waals surface area contributed by atoms with Crippen molar-refractivity contribution in [2.75, 3.05) is 24.6 Å². The third-order valence-electron chi connectivity index (χ3n) is 18.5. The number of carboxylic acid groups (broad SMARTS) is 1. The Morgan fingerprint density at radius 3 is 2.24 bits per heavy atom. The molecule has 318 valence electrons. The SMILES string of the molecule is CC(C)C1=C2C3CCC4C(C)(CCC5C(C)(C)C(CC(=O)C6CC(C(=O)O)C6C)CCC54C)C3CCC2(CC(=O)NCc2ccc(CN3CCSCC3)cc2)CC1=O. The maximum absolute atomic E-state index is 14.1. The molecule has 8 rings (SSSR count). The lowest BCUT2D eigenvalue weighted by molar-refractivity contribution is -0.193. The fourth-order valence-corrected chi connectivity index (χ4v) is 16.3.